The Labute approximate surface area is 133 Å². The van der Waals surface area contributed by atoms with Gasteiger partial charge in [0.25, 0.3) is 5.91 Å². The van der Waals surface area contributed by atoms with E-state index in [1.54, 1.807) is 48.5 Å². The van der Waals surface area contributed by atoms with Gasteiger partial charge >= 0.3 is 0 Å². The largest absolute Gasteiger partial charge is 0.326 e. The van der Waals surface area contributed by atoms with Crippen molar-refractivity contribution in [1.82, 2.24) is 0 Å². The van der Waals surface area contributed by atoms with E-state index in [1.165, 1.54) is 13.8 Å². The zero-order valence-electron chi connectivity index (χ0n) is 12.8. The van der Waals surface area contributed by atoms with Gasteiger partial charge in [0.15, 0.2) is 0 Å². The summed E-state index contributed by atoms with van der Waals surface area (Å²) in [5.74, 6) is -0.627. The maximum absolute atomic E-state index is 12.2. The van der Waals surface area contributed by atoms with Crippen LogP contribution in [0.15, 0.2) is 48.5 Å². The normalized spacial score (nSPS) is 9.83. The molecule has 0 radical (unpaired) electrons. The molecule has 0 aliphatic carbocycles. The number of carbonyl (C=O) groups is 3. The molecule has 0 unspecified atom stereocenters. The second-order valence-corrected chi connectivity index (χ2v) is 4.97. The van der Waals surface area contributed by atoms with E-state index >= 15 is 0 Å². The summed E-state index contributed by atoms with van der Waals surface area (Å²) in [6.07, 6.45) is 0. The van der Waals surface area contributed by atoms with E-state index in [1.807, 2.05) is 0 Å². The van der Waals surface area contributed by atoms with E-state index in [0.717, 1.165) is 0 Å². The smallest absolute Gasteiger partial charge is 0.255 e. The molecule has 0 aromatic heterocycles. The first-order valence-electron chi connectivity index (χ1n) is 7.01. The molecule has 0 fully saturated rings. The summed E-state index contributed by atoms with van der Waals surface area (Å²) in [5.41, 5.74) is 2.27. The molecule has 3 amide bonds. The third-order valence-corrected chi connectivity index (χ3v) is 2.91. The van der Waals surface area contributed by atoms with Gasteiger partial charge in [-0.1, -0.05) is 6.07 Å². The topological polar surface area (TPSA) is 87.3 Å². The van der Waals surface area contributed by atoms with Crippen LogP contribution in [0.25, 0.3) is 0 Å². The SMILES string of the molecule is CC(=O)Nc1ccc(C(=O)Nc2cccc(NC(C)=O)c2)cc1. The van der Waals surface area contributed by atoms with Gasteiger partial charge in [0.2, 0.25) is 11.8 Å². The van der Waals surface area contributed by atoms with Crippen molar-refractivity contribution in [3.05, 3.63) is 54.1 Å². The minimum atomic E-state index is -0.278. The molecule has 0 spiro atoms. The summed E-state index contributed by atoms with van der Waals surface area (Å²) in [6, 6.07) is 13.4. The number of anilines is 3. The molecule has 2 rings (SSSR count). The molecule has 23 heavy (non-hydrogen) atoms. The van der Waals surface area contributed by atoms with Crippen LogP contribution in [0, 0.1) is 0 Å². The minimum Gasteiger partial charge on any atom is -0.326 e. The van der Waals surface area contributed by atoms with Gasteiger partial charge in [-0.2, -0.15) is 0 Å². The van der Waals surface area contributed by atoms with Crippen molar-refractivity contribution in [1.29, 1.82) is 0 Å². The first-order chi connectivity index (χ1) is 10.9. The number of hydrogen-bond acceptors (Lipinski definition) is 3. The molecule has 0 bridgehead atoms. The third-order valence-electron chi connectivity index (χ3n) is 2.91. The molecule has 118 valence electrons. The Balaban J connectivity index is 2.06. The van der Waals surface area contributed by atoms with Crippen molar-refractivity contribution in [2.24, 2.45) is 0 Å². The Morgan fingerprint density at radius 3 is 1.78 bits per heavy atom. The minimum absolute atomic E-state index is 0.169. The van der Waals surface area contributed by atoms with Crippen LogP contribution >= 0.6 is 0 Å². The molecule has 0 aliphatic heterocycles. The number of rotatable bonds is 4. The van der Waals surface area contributed by atoms with Gasteiger partial charge in [-0.15, -0.1) is 0 Å². The average Bonchev–Trinajstić information content (AvgIpc) is 2.47. The first kappa shape index (κ1) is 16.2. The van der Waals surface area contributed by atoms with E-state index in [9.17, 15) is 14.4 Å². The highest BCUT2D eigenvalue weighted by Crippen LogP contribution is 2.17. The van der Waals surface area contributed by atoms with Crippen LogP contribution in [0.4, 0.5) is 17.1 Å². The molecule has 6 heteroatoms. The van der Waals surface area contributed by atoms with Crippen LogP contribution in [0.1, 0.15) is 24.2 Å². The zero-order chi connectivity index (χ0) is 16.8. The van der Waals surface area contributed by atoms with Gasteiger partial charge in [-0.25, -0.2) is 0 Å². The van der Waals surface area contributed by atoms with Crippen molar-refractivity contribution in [2.75, 3.05) is 16.0 Å². The number of carbonyl (C=O) groups excluding carboxylic acids is 3. The lowest BCUT2D eigenvalue weighted by atomic mass is 10.2. The molecule has 0 atom stereocenters. The van der Waals surface area contributed by atoms with Crippen molar-refractivity contribution >= 4 is 34.8 Å². The molecule has 0 heterocycles. The van der Waals surface area contributed by atoms with Crippen LogP contribution in [0.5, 0.6) is 0 Å². The fraction of sp³-hybridized carbons (Fsp3) is 0.118. The monoisotopic (exact) mass is 311 g/mol. The second-order valence-electron chi connectivity index (χ2n) is 4.97. The summed E-state index contributed by atoms with van der Waals surface area (Å²) in [5, 5.41) is 8.04. The van der Waals surface area contributed by atoms with Crippen LogP contribution in [0.2, 0.25) is 0 Å². The Morgan fingerprint density at radius 1 is 0.696 bits per heavy atom. The van der Waals surface area contributed by atoms with E-state index in [0.29, 0.717) is 22.6 Å². The fourth-order valence-electron chi connectivity index (χ4n) is 1.99. The maximum atomic E-state index is 12.2. The second kappa shape index (κ2) is 7.22. The summed E-state index contributed by atoms with van der Waals surface area (Å²) in [7, 11) is 0. The number of hydrogen-bond donors (Lipinski definition) is 3. The van der Waals surface area contributed by atoms with Crippen LogP contribution in [-0.4, -0.2) is 17.7 Å². The fourth-order valence-corrected chi connectivity index (χ4v) is 1.99. The lowest BCUT2D eigenvalue weighted by Crippen LogP contribution is -2.13. The highest BCUT2D eigenvalue weighted by atomic mass is 16.2. The highest BCUT2D eigenvalue weighted by molar-refractivity contribution is 6.05. The number of benzene rings is 2. The van der Waals surface area contributed by atoms with Gasteiger partial charge in [0, 0.05) is 36.5 Å². The Kier molecular flexibility index (Phi) is 5.09. The molecule has 3 N–H and O–H groups in total. The highest BCUT2D eigenvalue weighted by Gasteiger charge is 2.07. The predicted molar refractivity (Wildman–Crippen MR) is 89.4 cm³/mol. The summed E-state index contributed by atoms with van der Waals surface area (Å²) < 4.78 is 0. The third kappa shape index (κ3) is 4.96. The zero-order valence-corrected chi connectivity index (χ0v) is 12.8. The van der Waals surface area contributed by atoms with E-state index in [2.05, 4.69) is 16.0 Å². The van der Waals surface area contributed by atoms with Gasteiger partial charge < -0.3 is 16.0 Å². The van der Waals surface area contributed by atoms with Crippen molar-refractivity contribution in [2.45, 2.75) is 13.8 Å². The van der Waals surface area contributed by atoms with Crippen molar-refractivity contribution < 1.29 is 14.4 Å². The van der Waals surface area contributed by atoms with Crippen LogP contribution in [-0.2, 0) is 9.59 Å². The standard InChI is InChI=1S/C17H17N3O3/c1-11(21)18-14-8-6-13(7-9-14)17(23)20-16-5-3-4-15(10-16)19-12(2)22/h3-10H,1-2H3,(H,18,21)(H,19,22)(H,20,23). The summed E-state index contributed by atoms with van der Waals surface area (Å²) in [6.45, 7) is 2.84. The van der Waals surface area contributed by atoms with E-state index in [4.69, 9.17) is 0 Å². The van der Waals surface area contributed by atoms with Gasteiger partial charge in [-0.3, -0.25) is 14.4 Å². The van der Waals surface area contributed by atoms with E-state index in [-0.39, 0.29) is 17.7 Å². The Bertz CT molecular complexity index is 739. The van der Waals surface area contributed by atoms with Crippen LogP contribution < -0.4 is 16.0 Å². The van der Waals surface area contributed by atoms with Gasteiger partial charge in [-0.05, 0) is 42.5 Å². The number of nitrogens with one attached hydrogen (secondary N) is 3. The van der Waals surface area contributed by atoms with Crippen molar-refractivity contribution in [3.63, 3.8) is 0 Å². The summed E-state index contributed by atoms with van der Waals surface area (Å²) >= 11 is 0. The molecular weight excluding hydrogens is 294 g/mol. The molecule has 2 aromatic rings. The maximum Gasteiger partial charge on any atom is 0.255 e. The Morgan fingerprint density at radius 2 is 1.22 bits per heavy atom. The molecule has 0 aliphatic rings. The molecule has 2 aromatic carbocycles. The van der Waals surface area contributed by atoms with Crippen molar-refractivity contribution in [3.8, 4) is 0 Å². The molecule has 0 saturated heterocycles. The number of amides is 3. The van der Waals surface area contributed by atoms with Crippen LogP contribution in [0.3, 0.4) is 0 Å². The van der Waals surface area contributed by atoms with Gasteiger partial charge in [0.05, 0.1) is 0 Å². The first-order valence-corrected chi connectivity index (χ1v) is 7.01. The predicted octanol–water partition coefficient (Wildman–Crippen LogP) is 2.86. The molecule has 0 saturated carbocycles. The van der Waals surface area contributed by atoms with E-state index < -0.39 is 0 Å². The average molecular weight is 311 g/mol. The molecule has 6 nitrogen and oxygen atoms in total. The summed E-state index contributed by atoms with van der Waals surface area (Å²) in [4.78, 5) is 34.2. The quantitative estimate of drug-likeness (QED) is 0.811. The molecular formula is C17H17N3O3. The van der Waals surface area contributed by atoms with Gasteiger partial charge in [0.1, 0.15) is 0 Å². The lowest BCUT2D eigenvalue weighted by molar-refractivity contribution is -0.115. The Hall–Kier alpha value is -3.15. The lowest BCUT2D eigenvalue weighted by Gasteiger charge is -2.08.